The number of Topliss-reactive ketones (excluding diaryl/α,β-unsaturated/α-hetero) is 1. The quantitative estimate of drug-likeness (QED) is 0.791. The average Bonchev–Trinajstić information content (AvgIpc) is 2.91. The summed E-state index contributed by atoms with van der Waals surface area (Å²) in [6.45, 7) is 1.86. The van der Waals surface area contributed by atoms with E-state index in [1.165, 1.54) is 18.4 Å². The maximum atomic E-state index is 12.3. The number of pyridine rings is 1. The molecule has 3 rings (SSSR count). The van der Waals surface area contributed by atoms with Crippen LogP contribution in [0.2, 0.25) is 0 Å². The SMILES string of the molecule is O=C(c1ccc2c(n1)CCNC2)C1CCCC1. The van der Waals surface area contributed by atoms with Crippen LogP contribution >= 0.6 is 0 Å². The van der Waals surface area contributed by atoms with Crippen molar-refractivity contribution in [3.63, 3.8) is 0 Å². The van der Waals surface area contributed by atoms with E-state index in [4.69, 9.17) is 0 Å². The van der Waals surface area contributed by atoms with Crippen molar-refractivity contribution in [2.75, 3.05) is 6.54 Å². The van der Waals surface area contributed by atoms with Gasteiger partial charge in [0.25, 0.3) is 0 Å². The van der Waals surface area contributed by atoms with E-state index < -0.39 is 0 Å². The predicted octanol–water partition coefficient (Wildman–Crippen LogP) is 2.10. The van der Waals surface area contributed by atoms with Crippen LogP contribution in [0.4, 0.5) is 0 Å². The van der Waals surface area contributed by atoms with Gasteiger partial charge in [-0.1, -0.05) is 18.9 Å². The Hall–Kier alpha value is -1.22. The van der Waals surface area contributed by atoms with Crippen LogP contribution in [0.3, 0.4) is 0 Å². The molecule has 2 aliphatic rings. The number of hydrogen-bond donors (Lipinski definition) is 1. The lowest BCUT2D eigenvalue weighted by atomic mass is 9.98. The third-order valence-corrected chi connectivity index (χ3v) is 3.90. The smallest absolute Gasteiger partial charge is 0.184 e. The Morgan fingerprint density at radius 3 is 2.94 bits per heavy atom. The normalized spacial score (nSPS) is 20.2. The van der Waals surface area contributed by atoms with E-state index in [0.29, 0.717) is 5.69 Å². The molecule has 1 aromatic rings. The Morgan fingerprint density at radius 1 is 1.29 bits per heavy atom. The molecule has 0 radical (unpaired) electrons. The minimum absolute atomic E-state index is 0.238. The number of carbonyl (C=O) groups excluding carboxylic acids is 1. The van der Waals surface area contributed by atoms with Gasteiger partial charge in [-0.25, -0.2) is 4.98 Å². The van der Waals surface area contributed by atoms with E-state index in [9.17, 15) is 4.79 Å². The van der Waals surface area contributed by atoms with E-state index in [1.807, 2.05) is 6.07 Å². The van der Waals surface area contributed by atoms with Crippen molar-refractivity contribution in [2.45, 2.75) is 38.6 Å². The van der Waals surface area contributed by atoms with Crippen LogP contribution in [0.5, 0.6) is 0 Å². The molecule has 0 aromatic carbocycles. The Labute approximate surface area is 102 Å². The lowest BCUT2D eigenvalue weighted by Gasteiger charge is -2.17. The number of fused-ring (bicyclic) bond motifs is 1. The molecule has 0 amide bonds. The molecule has 17 heavy (non-hydrogen) atoms. The number of hydrogen-bond acceptors (Lipinski definition) is 3. The number of ketones is 1. The first-order chi connectivity index (χ1) is 8.34. The molecule has 1 saturated carbocycles. The highest BCUT2D eigenvalue weighted by Gasteiger charge is 2.25. The summed E-state index contributed by atoms with van der Waals surface area (Å²) in [5.41, 5.74) is 3.06. The van der Waals surface area contributed by atoms with Gasteiger partial charge in [0.2, 0.25) is 0 Å². The van der Waals surface area contributed by atoms with Gasteiger partial charge in [0.1, 0.15) is 5.69 Å². The number of rotatable bonds is 2. The molecule has 1 aliphatic heterocycles. The molecule has 3 heteroatoms. The standard InChI is InChI=1S/C14H18N2O/c17-14(10-3-1-2-4-10)13-6-5-11-9-15-8-7-12(11)16-13/h5-6,10,15H,1-4,7-9H2. The summed E-state index contributed by atoms with van der Waals surface area (Å²) in [6.07, 6.45) is 5.45. The molecule has 3 nitrogen and oxygen atoms in total. The van der Waals surface area contributed by atoms with Gasteiger partial charge >= 0.3 is 0 Å². The Morgan fingerprint density at radius 2 is 2.12 bits per heavy atom. The summed E-state index contributed by atoms with van der Waals surface area (Å²) < 4.78 is 0. The number of nitrogens with one attached hydrogen (secondary N) is 1. The van der Waals surface area contributed by atoms with E-state index in [2.05, 4.69) is 16.4 Å². The fraction of sp³-hybridized carbons (Fsp3) is 0.571. The zero-order valence-electron chi connectivity index (χ0n) is 10.0. The van der Waals surface area contributed by atoms with Gasteiger partial charge in [0.05, 0.1) is 0 Å². The van der Waals surface area contributed by atoms with E-state index >= 15 is 0 Å². The molecule has 1 fully saturated rings. The Bertz CT molecular complexity index is 436. The maximum Gasteiger partial charge on any atom is 0.184 e. The second kappa shape index (κ2) is 4.57. The average molecular weight is 230 g/mol. The molecule has 1 N–H and O–H groups in total. The zero-order valence-corrected chi connectivity index (χ0v) is 10.0. The molecule has 0 unspecified atom stereocenters. The van der Waals surface area contributed by atoms with Gasteiger partial charge in [-0.05, 0) is 24.5 Å². The third-order valence-electron chi connectivity index (χ3n) is 3.90. The van der Waals surface area contributed by atoms with Crippen molar-refractivity contribution >= 4 is 5.78 Å². The van der Waals surface area contributed by atoms with E-state index in [1.54, 1.807) is 0 Å². The summed E-state index contributed by atoms with van der Waals surface area (Å²) in [6, 6.07) is 3.98. The fourth-order valence-electron chi connectivity index (χ4n) is 2.87. The molecule has 2 heterocycles. The van der Waals surface area contributed by atoms with Crippen molar-refractivity contribution < 1.29 is 4.79 Å². The monoisotopic (exact) mass is 230 g/mol. The highest BCUT2D eigenvalue weighted by molar-refractivity contribution is 5.96. The van der Waals surface area contributed by atoms with E-state index in [-0.39, 0.29) is 11.7 Å². The third kappa shape index (κ3) is 2.12. The maximum absolute atomic E-state index is 12.3. The number of nitrogens with zero attached hydrogens (tertiary/aromatic N) is 1. The van der Waals surface area contributed by atoms with E-state index in [0.717, 1.165) is 38.0 Å². The number of aromatic nitrogens is 1. The summed E-state index contributed by atoms with van der Waals surface area (Å²) in [4.78, 5) is 16.8. The molecule has 1 aromatic heterocycles. The lowest BCUT2D eigenvalue weighted by molar-refractivity contribution is 0.0917. The topological polar surface area (TPSA) is 42.0 Å². The van der Waals surface area contributed by atoms with Crippen LogP contribution in [0.15, 0.2) is 12.1 Å². The van der Waals surface area contributed by atoms with Crippen molar-refractivity contribution in [2.24, 2.45) is 5.92 Å². The summed E-state index contributed by atoms with van der Waals surface area (Å²) in [5, 5.41) is 3.32. The molecule has 90 valence electrons. The number of carbonyl (C=O) groups is 1. The van der Waals surface area contributed by atoms with Crippen LogP contribution in [-0.4, -0.2) is 17.3 Å². The van der Waals surface area contributed by atoms with Crippen LogP contribution in [-0.2, 0) is 13.0 Å². The molecule has 1 aliphatic carbocycles. The van der Waals surface area contributed by atoms with Crippen LogP contribution in [0.25, 0.3) is 0 Å². The lowest BCUT2D eigenvalue weighted by Crippen LogP contribution is -2.25. The van der Waals surface area contributed by atoms with Crippen LogP contribution in [0, 0.1) is 5.92 Å². The summed E-state index contributed by atoms with van der Waals surface area (Å²) in [5.74, 6) is 0.506. The minimum Gasteiger partial charge on any atom is -0.312 e. The minimum atomic E-state index is 0.238. The van der Waals surface area contributed by atoms with Gasteiger partial charge in [-0.2, -0.15) is 0 Å². The van der Waals surface area contributed by atoms with Crippen molar-refractivity contribution in [1.29, 1.82) is 0 Å². The molecule has 0 spiro atoms. The fourth-order valence-corrected chi connectivity index (χ4v) is 2.87. The molecule has 0 bridgehead atoms. The second-order valence-electron chi connectivity index (χ2n) is 5.07. The molecule has 0 atom stereocenters. The van der Waals surface area contributed by atoms with Gasteiger partial charge < -0.3 is 5.32 Å². The second-order valence-corrected chi connectivity index (χ2v) is 5.07. The van der Waals surface area contributed by atoms with Gasteiger partial charge in [-0.3, -0.25) is 4.79 Å². The van der Waals surface area contributed by atoms with Gasteiger partial charge in [0, 0.05) is 31.1 Å². The Balaban J connectivity index is 1.85. The largest absolute Gasteiger partial charge is 0.312 e. The van der Waals surface area contributed by atoms with Crippen LogP contribution in [0.1, 0.15) is 47.4 Å². The van der Waals surface area contributed by atoms with Crippen molar-refractivity contribution in [3.05, 3.63) is 29.1 Å². The first-order valence-corrected chi connectivity index (χ1v) is 6.58. The Kier molecular flexibility index (Phi) is 2.93. The van der Waals surface area contributed by atoms with Crippen LogP contribution < -0.4 is 5.32 Å². The first kappa shape index (κ1) is 10.9. The van der Waals surface area contributed by atoms with Crippen molar-refractivity contribution in [1.82, 2.24) is 10.3 Å². The summed E-state index contributed by atoms with van der Waals surface area (Å²) in [7, 11) is 0. The highest BCUT2D eigenvalue weighted by Crippen LogP contribution is 2.28. The molecular weight excluding hydrogens is 212 g/mol. The van der Waals surface area contributed by atoms with Crippen molar-refractivity contribution in [3.8, 4) is 0 Å². The first-order valence-electron chi connectivity index (χ1n) is 6.58. The zero-order chi connectivity index (χ0) is 11.7. The highest BCUT2D eigenvalue weighted by atomic mass is 16.1. The molecular formula is C14H18N2O. The predicted molar refractivity (Wildman–Crippen MR) is 65.9 cm³/mol. The van der Waals surface area contributed by atoms with Gasteiger partial charge in [0.15, 0.2) is 5.78 Å². The summed E-state index contributed by atoms with van der Waals surface area (Å²) >= 11 is 0. The molecule has 0 saturated heterocycles. The van der Waals surface area contributed by atoms with Gasteiger partial charge in [-0.15, -0.1) is 0 Å².